The van der Waals surface area contributed by atoms with Crippen LogP contribution in [-0.4, -0.2) is 19.4 Å². The number of anilines is 1. The lowest BCUT2D eigenvalue weighted by Crippen LogP contribution is -2.25. The molecular formula is C18H26ClNO. The number of carbonyl (C=O) groups is 1. The lowest BCUT2D eigenvalue weighted by Gasteiger charge is -2.26. The minimum atomic E-state index is 0.202. The summed E-state index contributed by atoms with van der Waals surface area (Å²) >= 11 is 6.25. The van der Waals surface area contributed by atoms with E-state index in [1.165, 1.54) is 25.7 Å². The predicted molar refractivity (Wildman–Crippen MR) is 90.7 cm³/mol. The topological polar surface area (TPSA) is 20.3 Å². The zero-order chi connectivity index (χ0) is 15.4. The van der Waals surface area contributed by atoms with Crippen molar-refractivity contribution in [2.75, 3.05) is 18.5 Å². The van der Waals surface area contributed by atoms with Gasteiger partial charge in [0.15, 0.2) is 5.78 Å². The van der Waals surface area contributed by atoms with Crippen LogP contribution in [0.2, 0.25) is 5.02 Å². The van der Waals surface area contributed by atoms with Crippen LogP contribution in [0.25, 0.3) is 0 Å². The van der Waals surface area contributed by atoms with Crippen LogP contribution >= 0.6 is 11.6 Å². The van der Waals surface area contributed by atoms with E-state index in [1.54, 1.807) is 0 Å². The smallest absolute Gasteiger partial charge is 0.163 e. The van der Waals surface area contributed by atoms with E-state index in [2.05, 4.69) is 11.9 Å². The predicted octanol–water partition coefficient (Wildman–Crippen LogP) is 5.26. The van der Waals surface area contributed by atoms with Crippen LogP contribution in [-0.2, 0) is 0 Å². The van der Waals surface area contributed by atoms with E-state index in [-0.39, 0.29) is 5.78 Å². The van der Waals surface area contributed by atoms with Crippen LogP contribution in [0.1, 0.15) is 61.4 Å². The molecule has 1 fully saturated rings. The van der Waals surface area contributed by atoms with Crippen LogP contribution in [0.15, 0.2) is 12.1 Å². The molecule has 1 aliphatic rings. The van der Waals surface area contributed by atoms with Crippen molar-refractivity contribution >= 4 is 23.1 Å². The molecule has 0 heterocycles. The third-order valence-electron chi connectivity index (χ3n) is 4.54. The molecule has 0 radical (unpaired) electrons. The second kappa shape index (κ2) is 7.31. The fourth-order valence-corrected chi connectivity index (χ4v) is 3.60. The minimum absolute atomic E-state index is 0.202. The van der Waals surface area contributed by atoms with E-state index in [0.717, 1.165) is 35.7 Å². The molecule has 0 saturated heterocycles. The molecule has 21 heavy (non-hydrogen) atoms. The van der Waals surface area contributed by atoms with Crippen molar-refractivity contribution in [3.05, 3.63) is 28.3 Å². The Balaban J connectivity index is 2.23. The van der Waals surface area contributed by atoms with Gasteiger partial charge < -0.3 is 4.90 Å². The van der Waals surface area contributed by atoms with E-state index in [4.69, 9.17) is 11.6 Å². The average molecular weight is 308 g/mol. The van der Waals surface area contributed by atoms with Gasteiger partial charge in [-0.3, -0.25) is 4.79 Å². The summed E-state index contributed by atoms with van der Waals surface area (Å²) in [5.41, 5.74) is 2.96. The first-order valence-electron chi connectivity index (χ1n) is 8.07. The summed E-state index contributed by atoms with van der Waals surface area (Å²) < 4.78 is 0. The second-order valence-electron chi connectivity index (χ2n) is 6.30. The van der Waals surface area contributed by atoms with E-state index < -0.39 is 0 Å². The van der Waals surface area contributed by atoms with Crippen molar-refractivity contribution in [3.63, 3.8) is 0 Å². The standard InChI is InChI=1S/C18H26ClNO/c1-4-7-18(21)16-10-15(19)11-17(13(16)2)20(3)12-14-8-5-6-9-14/h10-11,14H,4-9,12H2,1-3H3. The second-order valence-corrected chi connectivity index (χ2v) is 6.74. The lowest BCUT2D eigenvalue weighted by molar-refractivity contribution is 0.0981. The molecule has 0 N–H and O–H groups in total. The number of Topliss-reactive ketones (excluding diaryl/α,β-unsaturated/α-hetero) is 1. The average Bonchev–Trinajstić information content (AvgIpc) is 2.94. The molecular weight excluding hydrogens is 282 g/mol. The van der Waals surface area contributed by atoms with Gasteiger partial charge in [-0.15, -0.1) is 0 Å². The number of hydrogen-bond donors (Lipinski definition) is 0. The van der Waals surface area contributed by atoms with Crippen LogP contribution in [0.4, 0.5) is 5.69 Å². The highest BCUT2D eigenvalue weighted by Crippen LogP contribution is 2.31. The quantitative estimate of drug-likeness (QED) is 0.668. The van der Waals surface area contributed by atoms with Crippen molar-refractivity contribution in [3.8, 4) is 0 Å². The van der Waals surface area contributed by atoms with Gasteiger partial charge in [0.2, 0.25) is 0 Å². The summed E-state index contributed by atoms with van der Waals surface area (Å²) in [6.07, 6.45) is 6.82. The van der Waals surface area contributed by atoms with Gasteiger partial charge in [0.05, 0.1) is 0 Å². The Morgan fingerprint density at radius 3 is 2.62 bits per heavy atom. The first-order chi connectivity index (χ1) is 10.0. The Morgan fingerprint density at radius 1 is 1.33 bits per heavy atom. The number of carbonyl (C=O) groups excluding carboxylic acids is 1. The number of rotatable bonds is 6. The molecule has 2 rings (SSSR count). The molecule has 0 aliphatic heterocycles. The molecule has 2 nitrogen and oxygen atoms in total. The summed E-state index contributed by atoms with van der Waals surface area (Å²) in [7, 11) is 2.12. The van der Waals surface area contributed by atoms with Gasteiger partial charge >= 0.3 is 0 Å². The van der Waals surface area contributed by atoms with E-state index in [1.807, 2.05) is 26.0 Å². The van der Waals surface area contributed by atoms with Gasteiger partial charge in [-0.05, 0) is 49.8 Å². The molecule has 0 unspecified atom stereocenters. The highest BCUT2D eigenvalue weighted by atomic mass is 35.5. The molecule has 1 aromatic carbocycles. The molecule has 0 spiro atoms. The van der Waals surface area contributed by atoms with Crippen molar-refractivity contribution in [2.45, 2.75) is 52.4 Å². The number of ketones is 1. The first-order valence-corrected chi connectivity index (χ1v) is 8.45. The molecule has 0 atom stereocenters. The number of nitrogens with zero attached hydrogens (tertiary/aromatic N) is 1. The zero-order valence-corrected chi connectivity index (χ0v) is 14.2. The van der Waals surface area contributed by atoms with Gasteiger partial charge in [-0.1, -0.05) is 31.4 Å². The molecule has 1 saturated carbocycles. The molecule has 0 aromatic heterocycles. The molecule has 116 valence electrons. The van der Waals surface area contributed by atoms with Gasteiger partial charge in [0.25, 0.3) is 0 Å². The van der Waals surface area contributed by atoms with Crippen LogP contribution in [0.5, 0.6) is 0 Å². The lowest BCUT2D eigenvalue weighted by atomic mass is 9.99. The maximum absolute atomic E-state index is 12.3. The summed E-state index contributed by atoms with van der Waals surface area (Å²) in [6.45, 7) is 5.13. The molecule has 0 amide bonds. The number of halogens is 1. The molecule has 0 bridgehead atoms. The highest BCUT2D eigenvalue weighted by molar-refractivity contribution is 6.31. The van der Waals surface area contributed by atoms with Crippen molar-refractivity contribution in [1.82, 2.24) is 0 Å². The Hall–Kier alpha value is -1.02. The van der Waals surface area contributed by atoms with Gasteiger partial charge in [0, 0.05) is 36.3 Å². The fourth-order valence-electron chi connectivity index (χ4n) is 3.39. The zero-order valence-electron chi connectivity index (χ0n) is 13.4. The van der Waals surface area contributed by atoms with E-state index >= 15 is 0 Å². The highest BCUT2D eigenvalue weighted by Gasteiger charge is 2.20. The molecule has 3 heteroatoms. The Labute approximate surface area is 133 Å². The number of benzene rings is 1. The monoisotopic (exact) mass is 307 g/mol. The summed E-state index contributed by atoms with van der Waals surface area (Å²) in [5.74, 6) is 0.983. The Kier molecular flexibility index (Phi) is 5.69. The van der Waals surface area contributed by atoms with Gasteiger partial charge in [-0.2, -0.15) is 0 Å². The Bertz CT molecular complexity index is 506. The normalized spacial score (nSPS) is 15.4. The molecule has 1 aromatic rings. The van der Waals surface area contributed by atoms with Crippen LogP contribution in [0.3, 0.4) is 0 Å². The summed E-state index contributed by atoms with van der Waals surface area (Å²) in [6, 6.07) is 3.82. The van der Waals surface area contributed by atoms with Crippen molar-refractivity contribution < 1.29 is 4.79 Å². The third-order valence-corrected chi connectivity index (χ3v) is 4.76. The van der Waals surface area contributed by atoms with Crippen LogP contribution in [0, 0.1) is 12.8 Å². The Morgan fingerprint density at radius 2 is 2.00 bits per heavy atom. The van der Waals surface area contributed by atoms with Gasteiger partial charge in [-0.25, -0.2) is 0 Å². The SMILES string of the molecule is CCCC(=O)c1cc(Cl)cc(N(C)CC2CCCC2)c1C. The summed E-state index contributed by atoms with van der Waals surface area (Å²) in [5, 5.41) is 0.660. The third kappa shape index (κ3) is 4.00. The van der Waals surface area contributed by atoms with E-state index in [0.29, 0.717) is 11.4 Å². The molecule has 1 aliphatic carbocycles. The maximum atomic E-state index is 12.3. The number of hydrogen-bond acceptors (Lipinski definition) is 2. The fraction of sp³-hybridized carbons (Fsp3) is 0.611. The summed E-state index contributed by atoms with van der Waals surface area (Å²) in [4.78, 5) is 14.5. The van der Waals surface area contributed by atoms with Crippen molar-refractivity contribution in [1.29, 1.82) is 0 Å². The van der Waals surface area contributed by atoms with E-state index in [9.17, 15) is 4.79 Å². The van der Waals surface area contributed by atoms with Gasteiger partial charge in [0.1, 0.15) is 0 Å². The largest absolute Gasteiger partial charge is 0.374 e. The minimum Gasteiger partial charge on any atom is -0.374 e. The van der Waals surface area contributed by atoms with Crippen molar-refractivity contribution in [2.24, 2.45) is 5.92 Å². The maximum Gasteiger partial charge on any atom is 0.163 e. The first kappa shape index (κ1) is 16.4. The van der Waals surface area contributed by atoms with Crippen LogP contribution < -0.4 is 4.90 Å².